The molecule has 0 bridgehead atoms. The molecule has 1 fully saturated rings. The number of amides is 2. The third-order valence-corrected chi connectivity index (χ3v) is 4.73. The van der Waals surface area contributed by atoms with Gasteiger partial charge in [-0.25, -0.2) is 0 Å². The van der Waals surface area contributed by atoms with E-state index in [2.05, 4.69) is 0 Å². The summed E-state index contributed by atoms with van der Waals surface area (Å²) in [7, 11) is 0. The largest absolute Gasteiger partial charge is 0.494 e. The summed E-state index contributed by atoms with van der Waals surface area (Å²) in [5.41, 5.74) is 1.03. The maximum atomic E-state index is 12.4. The van der Waals surface area contributed by atoms with Crippen molar-refractivity contribution in [3.05, 3.63) is 66.2 Å². The van der Waals surface area contributed by atoms with Crippen LogP contribution in [-0.2, 0) is 16.0 Å². The molecule has 0 atom stereocenters. The normalized spacial score (nSPS) is 14.1. The van der Waals surface area contributed by atoms with E-state index in [1.807, 2.05) is 70.5 Å². The zero-order valence-corrected chi connectivity index (χ0v) is 15.5. The van der Waals surface area contributed by atoms with Gasteiger partial charge in [-0.05, 0) is 24.1 Å². The summed E-state index contributed by atoms with van der Waals surface area (Å²) in [6.45, 7) is 2.97. The van der Waals surface area contributed by atoms with E-state index in [-0.39, 0.29) is 11.8 Å². The van der Waals surface area contributed by atoms with Gasteiger partial charge >= 0.3 is 0 Å². The number of benzene rings is 2. The van der Waals surface area contributed by atoms with Crippen LogP contribution in [0.25, 0.3) is 0 Å². The predicted octanol–water partition coefficient (Wildman–Crippen LogP) is 2.76. The van der Waals surface area contributed by atoms with Gasteiger partial charge in [0.05, 0.1) is 13.0 Å². The standard InChI is InChI=1S/C22H26N2O3/c25-21(12-7-17-27-20-10-5-2-6-11-20)23-13-15-24(16-14-23)22(26)18-19-8-3-1-4-9-19/h1-6,8-11H,7,12-18H2. The Morgan fingerprint density at radius 3 is 1.96 bits per heavy atom. The third-order valence-electron chi connectivity index (χ3n) is 4.73. The number of piperazine rings is 1. The van der Waals surface area contributed by atoms with Gasteiger partial charge in [0, 0.05) is 32.6 Å². The van der Waals surface area contributed by atoms with Crippen molar-refractivity contribution >= 4 is 11.8 Å². The van der Waals surface area contributed by atoms with Crippen LogP contribution < -0.4 is 4.74 Å². The van der Waals surface area contributed by atoms with Gasteiger partial charge in [0.15, 0.2) is 0 Å². The highest BCUT2D eigenvalue weighted by atomic mass is 16.5. The summed E-state index contributed by atoms with van der Waals surface area (Å²) in [6, 6.07) is 19.4. The Labute approximate surface area is 160 Å². The Bertz CT molecular complexity index is 726. The zero-order valence-electron chi connectivity index (χ0n) is 15.5. The predicted molar refractivity (Wildman–Crippen MR) is 104 cm³/mol. The maximum Gasteiger partial charge on any atom is 0.227 e. The van der Waals surface area contributed by atoms with Crippen LogP contribution >= 0.6 is 0 Å². The molecule has 1 aliphatic rings. The van der Waals surface area contributed by atoms with Crippen LogP contribution in [0, 0.1) is 0 Å². The Balaban J connectivity index is 1.34. The highest BCUT2D eigenvalue weighted by Crippen LogP contribution is 2.11. The van der Waals surface area contributed by atoms with E-state index in [4.69, 9.17) is 4.74 Å². The molecule has 0 aromatic heterocycles. The van der Waals surface area contributed by atoms with Crippen LogP contribution in [-0.4, -0.2) is 54.4 Å². The molecule has 0 N–H and O–H groups in total. The highest BCUT2D eigenvalue weighted by molar-refractivity contribution is 5.80. The van der Waals surface area contributed by atoms with Gasteiger partial charge in [-0.1, -0.05) is 48.5 Å². The first kappa shape index (κ1) is 19.0. The summed E-state index contributed by atoms with van der Waals surface area (Å²) < 4.78 is 5.63. The summed E-state index contributed by atoms with van der Waals surface area (Å²) in [6.07, 6.45) is 1.59. The fourth-order valence-electron chi connectivity index (χ4n) is 3.18. The molecule has 1 saturated heterocycles. The van der Waals surface area contributed by atoms with E-state index in [9.17, 15) is 9.59 Å². The van der Waals surface area contributed by atoms with Crippen molar-refractivity contribution < 1.29 is 14.3 Å². The summed E-state index contributed by atoms with van der Waals surface area (Å²) in [5.74, 6) is 1.10. The third kappa shape index (κ3) is 5.84. The first-order chi connectivity index (χ1) is 13.2. The number of carbonyl (C=O) groups excluding carboxylic acids is 2. The van der Waals surface area contributed by atoms with E-state index in [0.29, 0.717) is 52.0 Å². The van der Waals surface area contributed by atoms with Crippen molar-refractivity contribution in [2.45, 2.75) is 19.3 Å². The molecule has 27 heavy (non-hydrogen) atoms. The summed E-state index contributed by atoms with van der Waals surface area (Å²) in [4.78, 5) is 28.5. The van der Waals surface area contributed by atoms with Gasteiger partial charge in [0.2, 0.25) is 11.8 Å². The monoisotopic (exact) mass is 366 g/mol. The summed E-state index contributed by atoms with van der Waals surface area (Å²) in [5, 5.41) is 0. The molecule has 1 heterocycles. The van der Waals surface area contributed by atoms with Crippen LogP contribution in [0.4, 0.5) is 0 Å². The van der Waals surface area contributed by atoms with Crippen LogP contribution in [0.5, 0.6) is 5.75 Å². The second kappa shape index (κ2) is 9.76. The van der Waals surface area contributed by atoms with Crippen LogP contribution in [0.15, 0.2) is 60.7 Å². The molecule has 2 amide bonds. The SMILES string of the molecule is O=C(CCCOc1ccccc1)N1CCN(C(=O)Cc2ccccc2)CC1. The molecule has 5 heteroatoms. The first-order valence-corrected chi connectivity index (χ1v) is 9.50. The molecule has 2 aromatic carbocycles. The minimum absolute atomic E-state index is 0.129. The average Bonchev–Trinajstić information content (AvgIpc) is 2.72. The molecule has 3 rings (SSSR count). The molecule has 0 aliphatic carbocycles. The van der Waals surface area contributed by atoms with Crippen LogP contribution in [0.1, 0.15) is 18.4 Å². The number of ether oxygens (including phenoxy) is 1. The smallest absolute Gasteiger partial charge is 0.227 e. The van der Waals surface area contributed by atoms with E-state index in [1.54, 1.807) is 0 Å². The number of hydrogen-bond donors (Lipinski definition) is 0. The lowest BCUT2D eigenvalue weighted by Gasteiger charge is -2.35. The molecule has 0 saturated carbocycles. The Hall–Kier alpha value is -2.82. The van der Waals surface area contributed by atoms with Gasteiger partial charge in [0.1, 0.15) is 5.75 Å². The molecular formula is C22H26N2O3. The number of rotatable bonds is 7. The van der Waals surface area contributed by atoms with Crippen molar-refractivity contribution in [2.24, 2.45) is 0 Å². The molecule has 2 aromatic rings. The van der Waals surface area contributed by atoms with Crippen molar-refractivity contribution in [1.82, 2.24) is 9.80 Å². The van der Waals surface area contributed by atoms with Gasteiger partial charge in [-0.2, -0.15) is 0 Å². The lowest BCUT2D eigenvalue weighted by molar-refractivity contribution is -0.139. The van der Waals surface area contributed by atoms with Crippen LogP contribution in [0.3, 0.4) is 0 Å². The van der Waals surface area contributed by atoms with Gasteiger partial charge in [-0.3, -0.25) is 9.59 Å². The first-order valence-electron chi connectivity index (χ1n) is 9.50. The molecule has 0 spiro atoms. The lowest BCUT2D eigenvalue weighted by atomic mass is 10.1. The van der Waals surface area contributed by atoms with Crippen molar-refractivity contribution in [1.29, 1.82) is 0 Å². The van der Waals surface area contributed by atoms with Crippen molar-refractivity contribution in [3.63, 3.8) is 0 Å². The van der Waals surface area contributed by atoms with Crippen LogP contribution in [0.2, 0.25) is 0 Å². The molecular weight excluding hydrogens is 340 g/mol. The molecule has 1 aliphatic heterocycles. The number of para-hydroxylation sites is 1. The maximum absolute atomic E-state index is 12.4. The molecule has 0 radical (unpaired) electrons. The Morgan fingerprint density at radius 2 is 1.33 bits per heavy atom. The van der Waals surface area contributed by atoms with E-state index >= 15 is 0 Å². The fraction of sp³-hybridized carbons (Fsp3) is 0.364. The second-order valence-corrected chi connectivity index (χ2v) is 6.69. The Morgan fingerprint density at radius 1 is 0.778 bits per heavy atom. The number of carbonyl (C=O) groups is 2. The zero-order chi connectivity index (χ0) is 18.9. The van der Waals surface area contributed by atoms with E-state index in [0.717, 1.165) is 11.3 Å². The van der Waals surface area contributed by atoms with Gasteiger partial charge in [-0.15, -0.1) is 0 Å². The van der Waals surface area contributed by atoms with Crippen molar-refractivity contribution in [2.75, 3.05) is 32.8 Å². The summed E-state index contributed by atoms with van der Waals surface area (Å²) >= 11 is 0. The minimum Gasteiger partial charge on any atom is -0.494 e. The second-order valence-electron chi connectivity index (χ2n) is 6.69. The molecule has 142 valence electrons. The molecule has 0 unspecified atom stereocenters. The minimum atomic E-state index is 0.129. The molecule has 5 nitrogen and oxygen atoms in total. The van der Waals surface area contributed by atoms with E-state index in [1.165, 1.54) is 0 Å². The van der Waals surface area contributed by atoms with Gasteiger partial charge in [0.25, 0.3) is 0 Å². The Kier molecular flexibility index (Phi) is 6.85. The van der Waals surface area contributed by atoms with Gasteiger partial charge < -0.3 is 14.5 Å². The van der Waals surface area contributed by atoms with Crippen molar-refractivity contribution in [3.8, 4) is 5.75 Å². The average molecular weight is 366 g/mol. The number of nitrogens with zero attached hydrogens (tertiary/aromatic N) is 2. The van der Waals surface area contributed by atoms with E-state index < -0.39 is 0 Å². The lowest BCUT2D eigenvalue weighted by Crippen LogP contribution is -2.51. The topological polar surface area (TPSA) is 49.9 Å². The quantitative estimate of drug-likeness (QED) is 0.708. The fourth-order valence-corrected chi connectivity index (χ4v) is 3.18. The number of hydrogen-bond acceptors (Lipinski definition) is 3. The highest BCUT2D eigenvalue weighted by Gasteiger charge is 2.23.